The van der Waals surface area contributed by atoms with Gasteiger partial charge in [0.2, 0.25) is 5.95 Å². The number of amides is 2. The zero-order valence-corrected chi connectivity index (χ0v) is 10.00. The second-order valence-electron chi connectivity index (χ2n) is 3.96. The van der Waals surface area contributed by atoms with Gasteiger partial charge in [0.05, 0.1) is 0 Å². The van der Waals surface area contributed by atoms with E-state index in [0.29, 0.717) is 18.0 Å². The van der Waals surface area contributed by atoms with Crippen molar-refractivity contribution in [1.82, 2.24) is 19.9 Å². The number of pyridine rings is 1. The Morgan fingerprint density at radius 1 is 1.50 bits per heavy atom. The van der Waals surface area contributed by atoms with E-state index in [9.17, 15) is 4.79 Å². The van der Waals surface area contributed by atoms with Gasteiger partial charge >= 0.3 is 6.03 Å². The van der Waals surface area contributed by atoms with Crippen LogP contribution in [0.4, 0.5) is 10.7 Å². The number of carbonyl (C=O) groups excluding carboxylic acids is 1. The molecule has 0 aliphatic heterocycles. The zero-order valence-electron chi connectivity index (χ0n) is 10.00. The number of anilines is 1. The first-order valence-corrected chi connectivity index (χ1v) is 5.69. The Morgan fingerprint density at radius 3 is 3.11 bits per heavy atom. The van der Waals surface area contributed by atoms with Crippen LogP contribution in [0.2, 0.25) is 0 Å². The molecule has 0 spiro atoms. The van der Waals surface area contributed by atoms with Gasteiger partial charge in [-0.25, -0.2) is 4.79 Å². The van der Waals surface area contributed by atoms with Gasteiger partial charge in [-0.1, -0.05) is 6.07 Å². The van der Waals surface area contributed by atoms with Crippen molar-refractivity contribution >= 4 is 17.6 Å². The number of nitrogens with one attached hydrogen (secondary N) is 2. The van der Waals surface area contributed by atoms with Crippen LogP contribution in [-0.4, -0.2) is 38.4 Å². The summed E-state index contributed by atoms with van der Waals surface area (Å²) in [6.07, 6.45) is 2.27. The quantitative estimate of drug-likeness (QED) is 0.740. The maximum Gasteiger partial charge on any atom is 0.321 e. The molecule has 3 N–H and O–H groups in total. The lowest BCUT2D eigenvalue weighted by Gasteiger charge is -2.12. The average Bonchev–Trinajstić information content (AvgIpc) is 2.73. The number of hydrogen-bond donors (Lipinski definition) is 3. The van der Waals surface area contributed by atoms with Crippen molar-refractivity contribution in [2.24, 2.45) is 0 Å². The van der Waals surface area contributed by atoms with Crippen molar-refractivity contribution < 1.29 is 9.90 Å². The second kappa shape index (κ2) is 5.46. The van der Waals surface area contributed by atoms with E-state index in [1.165, 1.54) is 0 Å². The standard InChI is InChI=1S/C11H15N5O2/c1-8(5-7-17)12-11(18)13-10-15-14-9-4-2-3-6-16(9)10/h2-4,6,8,17H,5,7H2,1H3,(H2,12,13,15,18)/t8-/m1/s1. The Morgan fingerprint density at radius 2 is 2.33 bits per heavy atom. The fourth-order valence-corrected chi connectivity index (χ4v) is 1.55. The molecule has 0 bridgehead atoms. The molecule has 0 radical (unpaired) electrons. The predicted octanol–water partition coefficient (Wildman–Crippen LogP) is 0.622. The number of rotatable bonds is 4. The van der Waals surface area contributed by atoms with E-state index in [1.54, 1.807) is 16.7 Å². The third-order valence-corrected chi connectivity index (χ3v) is 2.48. The lowest BCUT2D eigenvalue weighted by molar-refractivity contribution is 0.241. The van der Waals surface area contributed by atoms with Gasteiger partial charge in [-0.2, -0.15) is 0 Å². The van der Waals surface area contributed by atoms with Gasteiger partial charge < -0.3 is 10.4 Å². The number of aliphatic hydroxyl groups is 1. The van der Waals surface area contributed by atoms with Crippen molar-refractivity contribution in [2.75, 3.05) is 11.9 Å². The molecule has 18 heavy (non-hydrogen) atoms. The SMILES string of the molecule is C[C@H](CCO)NC(=O)Nc1nnc2ccccn12. The smallest absolute Gasteiger partial charge is 0.321 e. The Bertz CT molecular complexity index is 539. The largest absolute Gasteiger partial charge is 0.396 e. The van der Waals surface area contributed by atoms with Crippen LogP contribution >= 0.6 is 0 Å². The molecular weight excluding hydrogens is 234 g/mol. The van der Waals surface area contributed by atoms with Crippen LogP contribution in [0.5, 0.6) is 0 Å². The minimum atomic E-state index is -0.367. The highest BCUT2D eigenvalue weighted by Crippen LogP contribution is 2.07. The number of carbonyl (C=O) groups is 1. The summed E-state index contributed by atoms with van der Waals surface area (Å²) < 4.78 is 1.68. The minimum absolute atomic E-state index is 0.0370. The summed E-state index contributed by atoms with van der Waals surface area (Å²) >= 11 is 0. The summed E-state index contributed by atoms with van der Waals surface area (Å²) in [7, 11) is 0. The van der Waals surface area contributed by atoms with Crippen LogP contribution in [0.15, 0.2) is 24.4 Å². The van der Waals surface area contributed by atoms with Crippen molar-refractivity contribution in [2.45, 2.75) is 19.4 Å². The molecule has 2 heterocycles. The summed E-state index contributed by atoms with van der Waals surface area (Å²) in [5, 5.41) is 21.9. The third kappa shape index (κ3) is 2.75. The molecule has 0 aromatic carbocycles. The van der Waals surface area contributed by atoms with Crippen molar-refractivity contribution in [1.29, 1.82) is 0 Å². The molecule has 96 valence electrons. The van der Waals surface area contributed by atoms with Crippen LogP contribution < -0.4 is 10.6 Å². The first-order chi connectivity index (χ1) is 8.70. The molecule has 0 aliphatic rings. The van der Waals surface area contributed by atoms with E-state index < -0.39 is 0 Å². The number of aromatic nitrogens is 3. The number of aliphatic hydroxyl groups excluding tert-OH is 1. The molecule has 2 aromatic rings. The van der Waals surface area contributed by atoms with E-state index in [4.69, 9.17) is 5.11 Å². The third-order valence-electron chi connectivity index (χ3n) is 2.48. The Balaban J connectivity index is 2.03. The summed E-state index contributed by atoms with van der Waals surface area (Å²) in [4.78, 5) is 11.7. The summed E-state index contributed by atoms with van der Waals surface area (Å²) in [5.74, 6) is 0.360. The fraction of sp³-hybridized carbons (Fsp3) is 0.364. The normalized spacial score (nSPS) is 12.3. The molecule has 7 nitrogen and oxygen atoms in total. The van der Waals surface area contributed by atoms with Gasteiger partial charge in [0.25, 0.3) is 0 Å². The van der Waals surface area contributed by atoms with Crippen molar-refractivity contribution in [3.63, 3.8) is 0 Å². The molecule has 0 fully saturated rings. The van der Waals surface area contributed by atoms with Crippen LogP contribution in [0.1, 0.15) is 13.3 Å². The molecule has 0 saturated carbocycles. The molecule has 0 saturated heterocycles. The molecule has 2 rings (SSSR count). The first-order valence-electron chi connectivity index (χ1n) is 5.69. The molecule has 2 amide bonds. The first kappa shape index (κ1) is 12.3. The number of urea groups is 1. The monoisotopic (exact) mass is 249 g/mol. The van der Waals surface area contributed by atoms with Crippen LogP contribution in [0.25, 0.3) is 5.65 Å². The predicted molar refractivity (Wildman–Crippen MR) is 66.3 cm³/mol. The van der Waals surface area contributed by atoms with Gasteiger partial charge in [-0.15, -0.1) is 10.2 Å². The molecular formula is C11H15N5O2. The Hall–Kier alpha value is -2.15. The second-order valence-corrected chi connectivity index (χ2v) is 3.96. The van der Waals surface area contributed by atoms with Gasteiger partial charge in [-0.05, 0) is 25.5 Å². The van der Waals surface area contributed by atoms with Crippen molar-refractivity contribution in [3.05, 3.63) is 24.4 Å². The molecule has 0 aliphatic carbocycles. The van der Waals surface area contributed by atoms with E-state index in [0.717, 1.165) is 0 Å². The molecule has 2 aromatic heterocycles. The highest BCUT2D eigenvalue weighted by atomic mass is 16.3. The zero-order chi connectivity index (χ0) is 13.0. The van der Waals surface area contributed by atoms with Gasteiger partial charge in [0.1, 0.15) is 0 Å². The fourth-order valence-electron chi connectivity index (χ4n) is 1.55. The van der Waals surface area contributed by atoms with Crippen LogP contribution in [0.3, 0.4) is 0 Å². The van der Waals surface area contributed by atoms with E-state index in [1.807, 2.05) is 19.1 Å². The lowest BCUT2D eigenvalue weighted by Crippen LogP contribution is -2.37. The topological polar surface area (TPSA) is 91.5 Å². The van der Waals surface area contributed by atoms with Crippen molar-refractivity contribution in [3.8, 4) is 0 Å². The van der Waals surface area contributed by atoms with Gasteiger partial charge in [0, 0.05) is 18.8 Å². The van der Waals surface area contributed by atoms with Gasteiger partial charge in [0.15, 0.2) is 5.65 Å². The summed E-state index contributed by atoms with van der Waals surface area (Å²) in [5.41, 5.74) is 0.663. The number of hydrogen-bond acceptors (Lipinski definition) is 4. The summed E-state index contributed by atoms with van der Waals surface area (Å²) in [6.45, 7) is 1.85. The molecule has 7 heteroatoms. The minimum Gasteiger partial charge on any atom is -0.396 e. The highest BCUT2D eigenvalue weighted by molar-refractivity contribution is 5.87. The maximum atomic E-state index is 11.7. The summed E-state index contributed by atoms with van der Waals surface area (Å²) in [6, 6.07) is 5.00. The highest BCUT2D eigenvalue weighted by Gasteiger charge is 2.10. The Kier molecular flexibility index (Phi) is 3.73. The van der Waals surface area contributed by atoms with E-state index in [2.05, 4.69) is 20.8 Å². The molecule has 0 unspecified atom stereocenters. The van der Waals surface area contributed by atoms with Crippen LogP contribution in [0, 0.1) is 0 Å². The van der Waals surface area contributed by atoms with E-state index in [-0.39, 0.29) is 18.7 Å². The number of nitrogens with zero attached hydrogens (tertiary/aromatic N) is 3. The Labute approximate surface area is 104 Å². The van der Waals surface area contributed by atoms with Crippen LogP contribution in [-0.2, 0) is 0 Å². The van der Waals surface area contributed by atoms with Gasteiger partial charge in [-0.3, -0.25) is 9.72 Å². The van der Waals surface area contributed by atoms with E-state index >= 15 is 0 Å². The maximum absolute atomic E-state index is 11.7. The lowest BCUT2D eigenvalue weighted by atomic mass is 10.2. The number of fused-ring (bicyclic) bond motifs is 1. The molecule has 1 atom stereocenters. The average molecular weight is 249 g/mol.